The minimum absolute atomic E-state index is 0.745. The number of nitrogens with zero attached hydrogens (tertiary/aromatic N) is 4. The van der Waals surface area contributed by atoms with E-state index in [4.69, 9.17) is 20.0 Å². The fraction of sp³-hybridized carbons (Fsp3) is 0. The van der Waals surface area contributed by atoms with Crippen LogP contribution in [-0.2, 0) is 0 Å². The number of thiophene rings is 2. The summed E-state index contributed by atoms with van der Waals surface area (Å²) in [6, 6.07) is 49.7. The summed E-state index contributed by atoms with van der Waals surface area (Å²) < 4.78 is 4.41. The minimum atomic E-state index is 0.745. The van der Waals surface area contributed by atoms with E-state index in [1.165, 1.54) is 9.06 Å². The first kappa shape index (κ1) is 26.3. The molecular formula is C38H24N4S2. The fourth-order valence-electron chi connectivity index (χ4n) is 5.28. The smallest absolute Gasteiger partial charge is 0.170 e. The molecule has 0 amide bonds. The van der Waals surface area contributed by atoms with Gasteiger partial charge in [-0.15, -0.1) is 22.7 Å². The highest BCUT2D eigenvalue weighted by molar-refractivity contribution is 7.11. The number of aliphatic imine (C=N–C) groups is 4. The molecule has 0 radical (unpaired) electrons. The van der Waals surface area contributed by atoms with E-state index in [2.05, 4.69) is 72.8 Å². The quantitative estimate of drug-likeness (QED) is 0.205. The molecule has 0 saturated heterocycles. The van der Waals surface area contributed by atoms with Crippen LogP contribution in [0, 0.1) is 9.06 Å². The summed E-state index contributed by atoms with van der Waals surface area (Å²) in [4.78, 5) is 20.2. The summed E-state index contributed by atoms with van der Waals surface area (Å²) in [6.07, 6.45) is 0. The third-order valence-corrected chi connectivity index (χ3v) is 9.76. The van der Waals surface area contributed by atoms with Crippen molar-refractivity contribution >= 4 is 57.2 Å². The van der Waals surface area contributed by atoms with Crippen LogP contribution in [0.2, 0.25) is 0 Å². The predicted octanol–water partition coefficient (Wildman–Crippen LogP) is 7.21. The lowest BCUT2D eigenvalue weighted by atomic mass is 10.0. The van der Waals surface area contributed by atoms with Crippen molar-refractivity contribution in [1.82, 2.24) is 0 Å². The van der Waals surface area contributed by atoms with Crippen molar-refractivity contribution in [1.29, 1.82) is 0 Å². The molecule has 2 aromatic heterocycles. The van der Waals surface area contributed by atoms with Crippen LogP contribution in [0.4, 0.5) is 0 Å². The summed E-state index contributed by atoms with van der Waals surface area (Å²) in [7, 11) is 0. The van der Waals surface area contributed by atoms with Crippen LogP contribution in [0.15, 0.2) is 166 Å². The largest absolute Gasteiger partial charge is 0.225 e. The van der Waals surface area contributed by atoms with Crippen molar-refractivity contribution in [2.45, 2.75) is 0 Å². The number of rotatable bonds is 4. The van der Waals surface area contributed by atoms with Gasteiger partial charge in [-0.25, -0.2) is 20.0 Å². The van der Waals surface area contributed by atoms with E-state index in [0.717, 1.165) is 65.8 Å². The van der Waals surface area contributed by atoms with Crippen molar-refractivity contribution in [3.8, 4) is 0 Å². The molecule has 4 heterocycles. The highest BCUT2D eigenvalue weighted by Gasteiger charge is 2.22. The van der Waals surface area contributed by atoms with Gasteiger partial charge in [-0.2, -0.15) is 0 Å². The van der Waals surface area contributed by atoms with Crippen LogP contribution in [-0.4, -0.2) is 22.8 Å². The Morgan fingerprint density at radius 2 is 0.523 bits per heavy atom. The Bertz CT molecular complexity index is 2060. The summed E-state index contributed by atoms with van der Waals surface area (Å²) in [5.74, 6) is 1.49. The number of hydrogen-bond donors (Lipinski definition) is 0. The maximum absolute atomic E-state index is 5.04. The third-order valence-electron chi connectivity index (χ3n) is 7.40. The molecule has 4 aromatic carbocycles. The first-order valence-electron chi connectivity index (χ1n) is 14.3. The van der Waals surface area contributed by atoms with Crippen LogP contribution < -0.4 is 9.06 Å². The Labute approximate surface area is 262 Å². The van der Waals surface area contributed by atoms with Crippen LogP contribution in [0.25, 0.3) is 11.6 Å². The van der Waals surface area contributed by atoms with E-state index < -0.39 is 0 Å². The predicted molar refractivity (Wildman–Crippen MR) is 184 cm³/mol. The highest BCUT2D eigenvalue weighted by Crippen LogP contribution is 2.23. The molecule has 0 atom stereocenters. The molecule has 2 aliphatic heterocycles. The molecule has 0 unspecified atom stereocenters. The average molecular weight is 601 g/mol. The maximum atomic E-state index is 5.04. The fourth-order valence-corrected chi connectivity index (χ4v) is 7.25. The molecular weight excluding hydrogens is 577 g/mol. The Morgan fingerprint density at radius 1 is 0.273 bits per heavy atom. The molecule has 0 bridgehead atoms. The van der Waals surface area contributed by atoms with Gasteiger partial charge in [0.05, 0.1) is 31.9 Å². The van der Waals surface area contributed by atoms with Gasteiger partial charge in [-0.05, 0) is 24.3 Å². The van der Waals surface area contributed by atoms with Gasteiger partial charge < -0.3 is 0 Å². The third kappa shape index (κ3) is 5.00. The molecule has 0 saturated carbocycles. The zero-order chi connectivity index (χ0) is 29.3. The molecule has 0 spiro atoms. The van der Waals surface area contributed by atoms with Crippen LogP contribution in [0.1, 0.15) is 22.3 Å². The van der Waals surface area contributed by atoms with E-state index in [1.54, 1.807) is 22.7 Å². The zero-order valence-electron chi connectivity index (χ0n) is 23.5. The van der Waals surface area contributed by atoms with Gasteiger partial charge in [0, 0.05) is 31.3 Å². The van der Waals surface area contributed by atoms with Crippen molar-refractivity contribution in [2.75, 3.05) is 0 Å². The zero-order valence-corrected chi connectivity index (χ0v) is 25.1. The van der Waals surface area contributed by atoms with Gasteiger partial charge in [0.1, 0.15) is 0 Å². The molecule has 0 fully saturated rings. The summed E-state index contributed by atoms with van der Waals surface area (Å²) in [6.45, 7) is 0. The standard InChI is InChI=1S/C38H24N4S2/c1-5-13-25(14-6-1)33-34(26-15-7-2-8-16-26)40-37(39-33)31-23-21-29(43-31)30-22-24-32(44-30)38-41-35(27-17-9-3-10-18-27)36(42-38)28-19-11-4-12-20-28/h1-24H/b30-29+. The molecule has 0 N–H and O–H groups in total. The second-order valence-electron chi connectivity index (χ2n) is 10.3. The molecule has 44 heavy (non-hydrogen) atoms. The van der Waals surface area contributed by atoms with Gasteiger partial charge in [-0.3, -0.25) is 0 Å². The van der Waals surface area contributed by atoms with Gasteiger partial charge in [0.25, 0.3) is 0 Å². The molecule has 2 aliphatic rings. The van der Waals surface area contributed by atoms with Crippen LogP contribution >= 0.6 is 22.7 Å². The van der Waals surface area contributed by atoms with E-state index >= 15 is 0 Å². The number of hydrogen-bond acceptors (Lipinski definition) is 6. The normalized spacial score (nSPS) is 15.2. The van der Waals surface area contributed by atoms with Crippen molar-refractivity contribution < 1.29 is 0 Å². The second kappa shape index (κ2) is 11.4. The minimum Gasteiger partial charge on any atom is -0.225 e. The van der Waals surface area contributed by atoms with Gasteiger partial charge in [-0.1, -0.05) is 121 Å². The van der Waals surface area contributed by atoms with Crippen molar-refractivity contribution in [3.05, 3.63) is 186 Å². The lowest BCUT2D eigenvalue weighted by Gasteiger charge is -2.04. The van der Waals surface area contributed by atoms with E-state index in [0.29, 0.717) is 0 Å². The molecule has 8 rings (SSSR count). The van der Waals surface area contributed by atoms with Gasteiger partial charge in [0.2, 0.25) is 0 Å². The second-order valence-corrected chi connectivity index (χ2v) is 12.4. The SMILES string of the molecule is c1ccc(C2=NC(=c3cc/c(=c4/ccc(=C5N=C(c6ccccc6)C(c6ccccc6)=N5)s4)s3)N=C2c2ccccc2)cc1. The monoisotopic (exact) mass is 600 g/mol. The van der Waals surface area contributed by atoms with Crippen molar-refractivity contribution in [2.24, 2.45) is 20.0 Å². The van der Waals surface area contributed by atoms with Gasteiger partial charge in [0.15, 0.2) is 11.6 Å². The van der Waals surface area contributed by atoms with Crippen molar-refractivity contribution in [3.63, 3.8) is 0 Å². The Balaban J connectivity index is 1.26. The average Bonchev–Trinajstić information content (AvgIpc) is 3.92. The summed E-state index contributed by atoms with van der Waals surface area (Å²) in [5.41, 5.74) is 7.84. The maximum Gasteiger partial charge on any atom is 0.170 e. The molecule has 0 aliphatic carbocycles. The Kier molecular flexibility index (Phi) is 6.83. The highest BCUT2D eigenvalue weighted by atomic mass is 32.1. The van der Waals surface area contributed by atoms with Gasteiger partial charge >= 0.3 is 0 Å². The van der Waals surface area contributed by atoms with Crippen LogP contribution in [0.5, 0.6) is 0 Å². The lowest BCUT2D eigenvalue weighted by Crippen LogP contribution is -2.13. The molecule has 6 heteroatoms. The topological polar surface area (TPSA) is 49.4 Å². The summed E-state index contributed by atoms with van der Waals surface area (Å²) >= 11 is 3.41. The first-order valence-corrected chi connectivity index (χ1v) is 16.0. The molecule has 208 valence electrons. The van der Waals surface area contributed by atoms with E-state index in [-0.39, 0.29) is 0 Å². The van der Waals surface area contributed by atoms with Crippen LogP contribution in [0.3, 0.4) is 0 Å². The Morgan fingerprint density at radius 3 is 0.795 bits per heavy atom. The lowest BCUT2D eigenvalue weighted by molar-refractivity contribution is 1.46. The Hall–Kier alpha value is -5.30. The van der Waals surface area contributed by atoms with E-state index in [1.807, 2.05) is 72.8 Å². The number of benzene rings is 4. The summed E-state index contributed by atoms with van der Waals surface area (Å²) in [5, 5.41) is 0. The first-order chi connectivity index (χ1) is 21.8. The molecule has 6 aromatic rings. The molecule has 4 nitrogen and oxygen atoms in total. The van der Waals surface area contributed by atoms with E-state index in [9.17, 15) is 0 Å².